The zero-order valence-electron chi connectivity index (χ0n) is 13.9. The fourth-order valence-electron chi connectivity index (χ4n) is 2.49. The zero-order valence-corrected chi connectivity index (χ0v) is 14.6. The summed E-state index contributed by atoms with van der Waals surface area (Å²) < 4.78 is 1.84. The Balaban J connectivity index is 2.13. The molecular weight excluding hydrogens is 322 g/mol. The van der Waals surface area contributed by atoms with E-state index in [4.69, 9.17) is 11.6 Å². The van der Waals surface area contributed by atoms with Crippen LogP contribution in [0.15, 0.2) is 48.0 Å². The number of halogens is 1. The molecule has 0 saturated heterocycles. The van der Waals surface area contributed by atoms with Crippen molar-refractivity contribution in [2.45, 2.75) is 20.3 Å². The van der Waals surface area contributed by atoms with E-state index in [0.717, 1.165) is 33.8 Å². The molecule has 0 spiro atoms. The van der Waals surface area contributed by atoms with Crippen molar-refractivity contribution in [2.75, 3.05) is 0 Å². The van der Waals surface area contributed by atoms with E-state index in [-0.39, 0.29) is 0 Å². The van der Waals surface area contributed by atoms with Crippen LogP contribution in [0.5, 0.6) is 0 Å². The van der Waals surface area contributed by atoms with Crippen molar-refractivity contribution in [3.8, 4) is 22.4 Å². The molecule has 0 atom stereocenters. The number of pyridine rings is 2. The van der Waals surface area contributed by atoms with Gasteiger partial charge >= 0.3 is 0 Å². The first-order valence-electron chi connectivity index (χ1n) is 7.72. The van der Waals surface area contributed by atoms with Crippen LogP contribution in [0.4, 0.5) is 5.69 Å². The molecule has 3 aromatic rings. The molecule has 0 radical (unpaired) electrons. The summed E-state index contributed by atoms with van der Waals surface area (Å²) in [5.41, 5.74) is 5.56. The van der Waals surface area contributed by atoms with Crippen LogP contribution in [0.2, 0.25) is 0 Å². The van der Waals surface area contributed by atoms with Gasteiger partial charge in [0.1, 0.15) is 5.17 Å². The van der Waals surface area contributed by atoms with Gasteiger partial charge in [-0.15, -0.1) is 0 Å². The monoisotopic (exact) mass is 339 g/mol. The molecule has 0 aliphatic heterocycles. The number of aliphatic imine (C=N–C) groups is 1. The highest BCUT2D eigenvalue weighted by Gasteiger charge is 2.14. The first-order chi connectivity index (χ1) is 11.6. The fraction of sp³-hybridized carbons (Fsp3) is 0.222. The van der Waals surface area contributed by atoms with E-state index in [1.807, 2.05) is 62.4 Å². The predicted molar refractivity (Wildman–Crippen MR) is 97.6 cm³/mol. The Labute approximate surface area is 146 Å². The lowest BCUT2D eigenvalue weighted by atomic mass is 10.0. The van der Waals surface area contributed by atoms with Crippen LogP contribution in [-0.2, 0) is 7.05 Å². The number of aryl methyl sites for hydroxylation is 2. The van der Waals surface area contributed by atoms with Gasteiger partial charge in [-0.3, -0.25) is 14.6 Å². The first-order valence-corrected chi connectivity index (χ1v) is 8.10. The Bertz CT molecular complexity index is 884. The molecule has 3 aromatic heterocycles. The highest BCUT2D eigenvalue weighted by Crippen LogP contribution is 2.33. The summed E-state index contributed by atoms with van der Waals surface area (Å²) >= 11 is 6.10. The lowest BCUT2D eigenvalue weighted by Crippen LogP contribution is -1.95. The van der Waals surface area contributed by atoms with Crippen molar-refractivity contribution in [3.05, 3.63) is 48.7 Å². The maximum Gasteiger partial charge on any atom is 0.106 e. The lowest BCUT2D eigenvalue weighted by Gasteiger charge is -2.08. The largest absolute Gasteiger partial charge is 0.267 e. The molecule has 0 N–H and O–H groups in total. The zero-order chi connectivity index (χ0) is 17.1. The second-order valence-electron chi connectivity index (χ2n) is 5.44. The van der Waals surface area contributed by atoms with Gasteiger partial charge in [0.05, 0.1) is 23.3 Å². The molecular formula is C18H18ClN5. The third-order valence-electron chi connectivity index (χ3n) is 3.78. The molecule has 24 heavy (non-hydrogen) atoms. The second-order valence-corrected chi connectivity index (χ2v) is 5.88. The summed E-state index contributed by atoms with van der Waals surface area (Å²) in [6.07, 6.45) is 7.95. The minimum absolute atomic E-state index is 0.565. The van der Waals surface area contributed by atoms with Crippen molar-refractivity contribution in [2.24, 2.45) is 12.0 Å². The summed E-state index contributed by atoms with van der Waals surface area (Å²) in [7, 11) is 1.92. The Hall–Kier alpha value is -2.53. The smallest absolute Gasteiger partial charge is 0.106 e. The molecule has 0 saturated carbocycles. The molecule has 0 aromatic carbocycles. The molecule has 0 aliphatic carbocycles. The van der Waals surface area contributed by atoms with Crippen molar-refractivity contribution < 1.29 is 0 Å². The van der Waals surface area contributed by atoms with E-state index in [1.165, 1.54) is 0 Å². The van der Waals surface area contributed by atoms with Gasteiger partial charge < -0.3 is 0 Å². The van der Waals surface area contributed by atoms with E-state index in [1.54, 1.807) is 6.20 Å². The Morgan fingerprint density at radius 2 is 2.08 bits per heavy atom. The SMILES string of the molecule is CCC(Cl)=Nc1cc(-c2cnn(C)c2-c2cccnc2)cnc1C. The molecule has 0 aliphatic rings. The Kier molecular flexibility index (Phi) is 4.71. The van der Waals surface area contributed by atoms with Crippen LogP contribution in [0, 0.1) is 6.92 Å². The van der Waals surface area contributed by atoms with Gasteiger partial charge in [-0.25, -0.2) is 4.99 Å². The summed E-state index contributed by atoms with van der Waals surface area (Å²) in [5, 5.41) is 4.96. The van der Waals surface area contributed by atoms with Gasteiger partial charge in [-0.05, 0) is 31.5 Å². The quantitative estimate of drug-likeness (QED) is 0.656. The Morgan fingerprint density at radius 1 is 1.25 bits per heavy atom. The summed E-state index contributed by atoms with van der Waals surface area (Å²) in [4.78, 5) is 13.1. The Morgan fingerprint density at radius 3 is 2.79 bits per heavy atom. The lowest BCUT2D eigenvalue weighted by molar-refractivity contribution is 0.775. The number of hydrogen-bond acceptors (Lipinski definition) is 4. The van der Waals surface area contributed by atoms with Crippen LogP contribution in [0.25, 0.3) is 22.4 Å². The molecule has 6 heteroatoms. The van der Waals surface area contributed by atoms with Gasteiger partial charge in [0.25, 0.3) is 0 Å². The summed E-state index contributed by atoms with van der Waals surface area (Å²) in [6, 6.07) is 5.93. The van der Waals surface area contributed by atoms with Crippen LogP contribution in [-0.4, -0.2) is 24.9 Å². The highest BCUT2D eigenvalue weighted by atomic mass is 35.5. The third kappa shape index (κ3) is 3.21. The fourth-order valence-corrected chi connectivity index (χ4v) is 2.58. The summed E-state index contributed by atoms with van der Waals surface area (Å²) in [6.45, 7) is 3.90. The average Bonchev–Trinajstić information content (AvgIpc) is 2.99. The van der Waals surface area contributed by atoms with Crippen molar-refractivity contribution in [3.63, 3.8) is 0 Å². The number of hydrogen-bond donors (Lipinski definition) is 0. The average molecular weight is 340 g/mol. The van der Waals surface area contributed by atoms with Gasteiger partial charge in [0.2, 0.25) is 0 Å². The molecule has 5 nitrogen and oxygen atoms in total. The highest BCUT2D eigenvalue weighted by molar-refractivity contribution is 6.65. The van der Waals surface area contributed by atoms with E-state index >= 15 is 0 Å². The topological polar surface area (TPSA) is 56.0 Å². The summed E-state index contributed by atoms with van der Waals surface area (Å²) in [5.74, 6) is 0. The second kappa shape index (κ2) is 6.93. The first kappa shape index (κ1) is 16.3. The van der Waals surface area contributed by atoms with Crippen LogP contribution in [0.1, 0.15) is 19.0 Å². The predicted octanol–water partition coefficient (Wildman–Crippen LogP) is 4.53. The molecule has 0 unspecified atom stereocenters. The molecule has 0 bridgehead atoms. The number of aromatic nitrogens is 4. The molecule has 0 fully saturated rings. The van der Waals surface area contributed by atoms with Crippen LogP contribution in [0.3, 0.4) is 0 Å². The van der Waals surface area contributed by atoms with E-state index in [2.05, 4.69) is 20.1 Å². The van der Waals surface area contributed by atoms with Crippen LogP contribution >= 0.6 is 11.6 Å². The van der Waals surface area contributed by atoms with Gasteiger partial charge in [-0.2, -0.15) is 5.10 Å². The maximum atomic E-state index is 6.10. The van der Waals surface area contributed by atoms with Crippen LogP contribution < -0.4 is 0 Å². The van der Waals surface area contributed by atoms with Crippen molar-refractivity contribution in [1.29, 1.82) is 0 Å². The minimum atomic E-state index is 0.565. The van der Waals surface area contributed by atoms with Gasteiger partial charge in [0.15, 0.2) is 0 Å². The minimum Gasteiger partial charge on any atom is -0.267 e. The molecule has 3 rings (SSSR count). The molecule has 0 amide bonds. The van der Waals surface area contributed by atoms with E-state index in [9.17, 15) is 0 Å². The van der Waals surface area contributed by atoms with E-state index < -0.39 is 0 Å². The molecule has 122 valence electrons. The van der Waals surface area contributed by atoms with Gasteiger partial charge in [-0.1, -0.05) is 18.5 Å². The normalized spacial score (nSPS) is 11.8. The van der Waals surface area contributed by atoms with E-state index in [0.29, 0.717) is 11.6 Å². The third-order valence-corrected chi connectivity index (χ3v) is 4.13. The number of rotatable bonds is 4. The maximum absolute atomic E-state index is 6.10. The standard InChI is InChI=1S/C18H18ClN5/c1-4-17(19)23-16-8-14(10-21-12(16)2)15-11-22-24(3)18(15)13-6-5-7-20-9-13/h5-11H,4H2,1-3H3. The van der Waals surface area contributed by atoms with Crippen molar-refractivity contribution >= 4 is 22.5 Å². The van der Waals surface area contributed by atoms with Gasteiger partial charge in [0, 0.05) is 42.3 Å². The van der Waals surface area contributed by atoms with Crippen molar-refractivity contribution in [1.82, 2.24) is 19.7 Å². The number of nitrogens with zero attached hydrogens (tertiary/aromatic N) is 5. The molecule has 3 heterocycles.